The van der Waals surface area contributed by atoms with E-state index in [0.29, 0.717) is 5.13 Å². The van der Waals surface area contributed by atoms with Crippen LogP contribution < -0.4 is 5.32 Å². The predicted octanol–water partition coefficient (Wildman–Crippen LogP) is 2.41. The molecule has 0 saturated heterocycles. The Morgan fingerprint density at radius 3 is 2.88 bits per heavy atom. The van der Waals surface area contributed by atoms with E-state index >= 15 is 0 Å². The number of carboxylic acids is 1. The molecule has 0 aliphatic heterocycles. The molecule has 0 bridgehead atoms. The third kappa shape index (κ3) is 2.79. The predicted molar refractivity (Wildman–Crippen MR) is 65.3 cm³/mol. The Labute approximate surface area is 102 Å². The van der Waals surface area contributed by atoms with Crippen LogP contribution in [0.15, 0.2) is 30.6 Å². The van der Waals surface area contributed by atoms with Gasteiger partial charge in [-0.1, -0.05) is 17.4 Å². The fourth-order valence-corrected chi connectivity index (χ4v) is 2.07. The Morgan fingerprint density at radius 1 is 1.47 bits per heavy atom. The second-order valence-corrected chi connectivity index (χ2v) is 4.49. The molecule has 0 fully saturated rings. The molecule has 2 rings (SSSR count). The van der Waals surface area contributed by atoms with Crippen molar-refractivity contribution < 1.29 is 9.90 Å². The van der Waals surface area contributed by atoms with Crippen LogP contribution in [0.3, 0.4) is 0 Å². The van der Waals surface area contributed by atoms with Gasteiger partial charge in [-0.2, -0.15) is 0 Å². The van der Waals surface area contributed by atoms with Crippen LogP contribution in [0.25, 0.3) is 0 Å². The van der Waals surface area contributed by atoms with E-state index < -0.39 is 5.97 Å². The smallest absolute Gasteiger partial charge is 0.347 e. The van der Waals surface area contributed by atoms with Gasteiger partial charge in [0, 0.05) is 6.20 Å². The van der Waals surface area contributed by atoms with Crippen molar-refractivity contribution in [2.75, 3.05) is 5.32 Å². The van der Waals surface area contributed by atoms with Gasteiger partial charge in [0.25, 0.3) is 0 Å². The Hall–Kier alpha value is -1.95. The van der Waals surface area contributed by atoms with E-state index in [1.54, 1.807) is 6.20 Å². The summed E-state index contributed by atoms with van der Waals surface area (Å²) in [6, 6.07) is 5.65. The number of pyridine rings is 1. The number of hydrogen-bond donors (Lipinski definition) is 2. The third-order valence-electron chi connectivity index (χ3n) is 2.19. The maximum atomic E-state index is 10.7. The molecule has 2 aromatic heterocycles. The van der Waals surface area contributed by atoms with E-state index in [-0.39, 0.29) is 10.9 Å². The molecule has 1 unspecified atom stereocenters. The quantitative estimate of drug-likeness (QED) is 0.870. The standard InChI is InChI=1S/C11H11N3O2S/c1-7(8-4-2-3-5-12-8)14-11-13-6-9(17-11)10(15)16/h2-7H,1H3,(H,13,14)(H,15,16). The van der Waals surface area contributed by atoms with Crippen LogP contribution in [0.4, 0.5) is 5.13 Å². The Bertz CT molecular complexity index is 512. The Kier molecular flexibility index (Phi) is 3.34. The van der Waals surface area contributed by atoms with Crippen molar-refractivity contribution in [3.8, 4) is 0 Å². The first-order chi connectivity index (χ1) is 8.16. The van der Waals surface area contributed by atoms with Crippen molar-refractivity contribution in [2.45, 2.75) is 13.0 Å². The van der Waals surface area contributed by atoms with Crippen LogP contribution in [-0.4, -0.2) is 21.0 Å². The zero-order chi connectivity index (χ0) is 12.3. The van der Waals surface area contributed by atoms with Gasteiger partial charge in [-0.15, -0.1) is 0 Å². The number of nitrogens with one attached hydrogen (secondary N) is 1. The van der Waals surface area contributed by atoms with E-state index in [9.17, 15) is 4.79 Å². The van der Waals surface area contributed by atoms with Crippen molar-refractivity contribution in [3.05, 3.63) is 41.2 Å². The molecule has 5 nitrogen and oxygen atoms in total. The van der Waals surface area contributed by atoms with Gasteiger partial charge in [0.15, 0.2) is 5.13 Å². The number of aromatic carboxylic acids is 1. The van der Waals surface area contributed by atoms with Gasteiger partial charge in [-0.25, -0.2) is 9.78 Å². The minimum atomic E-state index is -0.957. The number of nitrogens with zero attached hydrogens (tertiary/aromatic N) is 2. The monoisotopic (exact) mass is 249 g/mol. The highest BCUT2D eigenvalue weighted by Gasteiger charge is 2.11. The van der Waals surface area contributed by atoms with Gasteiger partial charge in [-0.3, -0.25) is 4.98 Å². The fourth-order valence-electron chi connectivity index (χ4n) is 1.33. The summed E-state index contributed by atoms with van der Waals surface area (Å²) in [5.41, 5.74) is 0.888. The molecule has 2 heterocycles. The summed E-state index contributed by atoms with van der Waals surface area (Å²) in [6.07, 6.45) is 3.07. The van der Waals surface area contributed by atoms with Gasteiger partial charge in [0.05, 0.1) is 17.9 Å². The van der Waals surface area contributed by atoms with E-state index in [0.717, 1.165) is 17.0 Å². The fraction of sp³-hybridized carbons (Fsp3) is 0.182. The van der Waals surface area contributed by atoms with Crippen molar-refractivity contribution in [1.82, 2.24) is 9.97 Å². The van der Waals surface area contributed by atoms with Crippen molar-refractivity contribution >= 4 is 22.4 Å². The zero-order valence-electron chi connectivity index (χ0n) is 9.12. The van der Waals surface area contributed by atoms with E-state index in [2.05, 4.69) is 15.3 Å². The number of rotatable bonds is 4. The summed E-state index contributed by atoms with van der Waals surface area (Å²) in [7, 11) is 0. The summed E-state index contributed by atoms with van der Waals surface area (Å²) in [5, 5.41) is 12.5. The van der Waals surface area contributed by atoms with Crippen LogP contribution in [0.1, 0.15) is 28.3 Å². The molecule has 88 valence electrons. The van der Waals surface area contributed by atoms with E-state index in [1.165, 1.54) is 6.20 Å². The molecule has 2 N–H and O–H groups in total. The molecular formula is C11H11N3O2S. The molecular weight excluding hydrogens is 238 g/mol. The first-order valence-electron chi connectivity index (χ1n) is 5.03. The number of carbonyl (C=O) groups is 1. The summed E-state index contributed by atoms with van der Waals surface area (Å²) >= 11 is 1.11. The molecule has 6 heteroatoms. The minimum absolute atomic E-state index is 0.0102. The summed E-state index contributed by atoms with van der Waals surface area (Å²) in [6.45, 7) is 1.95. The first kappa shape index (κ1) is 11.5. The maximum absolute atomic E-state index is 10.7. The third-order valence-corrected chi connectivity index (χ3v) is 3.10. The number of anilines is 1. The SMILES string of the molecule is CC(Nc1ncc(C(=O)O)s1)c1ccccn1. The molecule has 2 aromatic rings. The lowest BCUT2D eigenvalue weighted by molar-refractivity contribution is 0.0702. The van der Waals surface area contributed by atoms with Gasteiger partial charge in [0.1, 0.15) is 4.88 Å². The van der Waals surface area contributed by atoms with Crippen LogP contribution in [0.2, 0.25) is 0 Å². The first-order valence-corrected chi connectivity index (χ1v) is 5.85. The topological polar surface area (TPSA) is 75.1 Å². The van der Waals surface area contributed by atoms with Gasteiger partial charge < -0.3 is 10.4 Å². The van der Waals surface area contributed by atoms with Gasteiger partial charge >= 0.3 is 5.97 Å². The average Bonchev–Trinajstić information content (AvgIpc) is 2.79. The number of hydrogen-bond acceptors (Lipinski definition) is 5. The molecule has 0 aliphatic carbocycles. The number of aromatic nitrogens is 2. The molecule has 0 aliphatic rings. The Morgan fingerprint density at radius 2 is 2.29 bits per heavy atom. The maximum Gasteiger partial charge on any atom is 0.347 e. The summed E-state index contributed by atoms with van der Waals surface area (Å²) in [5.74, 6) is -0.957. The van der Waals surface area contributed by atoms with Crippen molar-refractivity contribution in [1.29, 1.82) is 0 Å². The summed E-state index contributed by atoms with van der Waals surface area (Å²) < 4.78 is 0. The molecule has 0 saturated carbocycles. The number of thiazole rings is 1. The molecule has 0 aromatic carbocycles. The highest BCUT2D eigenvalue weighted by Crippen LogP contribution is 2.22. The second-order valence-electron chi connectivity index (χ2n) is 3.46. The normalized spacial score (nSPS) is 12.1. The van der Waals surface area contributed by atoms with Crippen molar-refractivity contribution in [2.24, 2.45) is 0 Å². The number of carboxylic acid groups (broad SMARTS) is 1. The van der Waals surface area contributed by atoms with Gasteiger partial charge in [0.2, 0.25) is 0 Å². The highest BCUT2D eigenvalue weighted by molar-refractivity contribution is 7.17. The molecule has 0 spiro atoms. The lowest BCUT2D eigenvalue weighted by Gasteiger charge is -2.11. The van der Waals surface area contributed by atoms with Crippen molar-refractivity contribution in [3.63, 3.8) is 0 Å². The lowest BCUT2D eigenvalue weighted by Crippen LogP contribution is -2.07. The summed E-state index contributed by atoms with van der Waals surface area (Å²) in [4.78, 5) is 19.1. The van der Waals surface area contributed by atoms with Crippen LogP contribution >= 0.6 is 11.3 Å². The highest BCUT2D eigenvalue weighted by atomic mass is 32.1. The Balaban J connectivity index is 2.08. The molecule has 0 radical (unpaired) electrons. The van der Waals surface area contributed by atoms with Crippen LogP contribution in [0, 0.1) is 0 Å². The zero-order valence-corrected chi connectivity index (χ0v) is 9.94. The molecule has 17 heavy (non-hydrogen) atoms. The second kappa shape index (κ2) is 4.92. The molecule has 0 amide bonds. The van der Waals surface area contributed by atoms with Gasteiger partial charge in [-0.05, 0) is 19.1 Å². The van der Waals surface area contributed by atoms with E-state index in [1.807, 2.05) is 25.1 Å². The van der Waals surface area contributed by atoms with Crippen LogP contribution in [0.5, 0.6) is 0 Å². The molecule has 1 atom stereocenters. The van der Waals surface area contributed by atoms with Crippen LogP contribution in [-0.2, 0) is 0 Å². The minimum Gasteiger partial charge on any atom is -0.477 e. The van der Waals surface area contributed by atoms with E-state index in [4.69, 9.17) is 5.11 Å². The largest absolute Gasteiger partial charge is 0.477 e. The lowest BCUT2D eigenvalue weighted by atomic mass is 10.2. The average molecular weight is 249 g/mol.